The predicted molar refractivity (Wildman–Crippen MR) is 67.5 cm³/mol. The third-order valence-corrected chi connectivity index (χ3v) is 2.64. The van der Waals surface area contributed by atoms with Crippen LogP contribution in [-0.2, 0) is 6.54 Å². The van der Waals surface area contributed by atoms with Gasteiger partial charge in [-0.15, -0.1) is 0 Å². The zero-order valence-electron chi connectivity index (χ0n) is 10.1. The molecule has 1 aromatic rings. The van der Waals surface area contributed by atoms with E-state index in [2.05, 4.69) is 18.7 Å². The first-order chi connectivity index (χ1) is 7.67. The monoisotopic (exact) mass is 221 g/mol. The molecule has 3 nitrogen and oxygen atoms in total. The molecule has 0 fully saturated rings. The van der Waals surface area contributed by atoms with Crippen LogP contribution in [0, 0.1) is 0 Å². The highest BCUT2D eigenvalue weighted by atomic mass is 16.4. The molecule has 1 aromatic carbocycles. The molecule has 88 valence electrons. The average molecular weight is 221 g/mol. The largest absolute Gasteiger partial charge is 0.488 e. The number of hydrogen-bond donors (Lipinski definition) is 2. The van der Waals surface area contributed by atoms with Crippen LogP contribution in [0.2, 0.25) is 0 Å². The molecular formula is C12H20BNO2. The summed E-state index contributed by atoms with van der Waals surface area (Å²) >= 11 is 0. The average Bonchev–Trinajstić information content (AvgIpc) is 2.29. The fourth-order valence-corrected chi connectivity index (χ4v) is 1.78. The van der Waals surface area contributed by atoms with Crippen LogP contribution in [0.3, 0.4) is 0 Å². The van der Waals surface area contributed by atoms with Gasteiger partial charge < -0.3 is 10.0 Å². The Bertz CT molecular complexity index is 318. The second-order valence-electron chi connectivity index (χ2n) is 3.99. The minimum Gasteiger partial charge on any atom is -0.423 e. The summed E-state index contributed by atoms with van der Waals surface area (Å²) < 4.78 is 0. The molecule has 0 aliphatic carbocycles. The molecule has 16 heavy (non-hydrogen) atoms. The van der Waals surface area contributed by atoms with E-state index in [9.17, 15) is 0 Å². The molecule has 0 saturated carbocycles. The number of nitrogens with zero attached hydrogens (tertiary/aromatic N) is 1. The van der Waals surface area contributed by atoms with Gasteiger partial charge in [-0.05, 0) is 30.5 Å². The van der Waals surface area contributed by atoms with Crippen LogP contribution in [0.4, 0.5) is 0 Å². The fourth-order valence-electron chi connectivity index (χ4n) is 1.78. The van der Waals surface area contributed by atoms with E-state index >= 15 is 0 Å². The molecule has 1 rings (SSSR count). The summed E-state index contributed by atoms with van der Waals surface area (Å²) in [6, 6.07) is 7.46. The third-order valence-electron chi connectivity index (χ3n) is 2.64. The molecule has 0 aromatic heterocycles. The van der Waals surface area contributed by atoms with E-state index in [4.69, 9.17) is 10.0 Å². The van der Waals surface area contributed by atoms with E-state index < -0.39 is 7.12 Å². The maximum Gasteiger partial charge on any atom is 0.488 e. The molecule has 0 aliphatic heterocycles. The van der Waals surface area contributed by atoms with Crippen molar-refractivity contribution in [3.05, 3.63) is 29.8 Å². The van der Waals surface area contributed by atoms with Gasteiger partial charge in [0.1, 0.15) is 0 Å². The normalized spacial score (nSPS) is 10.8. The van der Waals surface area contributed by atoms with Crippen molar-refractivity contribution in [3.63, 3.8) is 0 Å². The lowest BCUT2D eigenvalue weighted by Crippen LogP contribution is -2.31. The van der Waals surface area contributed by atoms with Gasteiger partial charge in [-0.25, -0.2) is 0 Å². The lowest BCUT2D eigenvalue weighted by molar-refractivity contribution is 0.280. The smallest absolute Gasteiger partial charge is 0.423 e. The molecule has 0 heterocycles. The highest BCUT2D eigenvalue weighted by Gasteiger charge is 2.11. The summed E-state index contributed by atoms with van der Waals surface area (Å²) in [4.78, 5) is 2.34. The lowest BCUT2D eigenvalue weighted by Gasteiger charge is -2.19. The van der Waals surface area contributed by atoms with Gasteiger partial charge in [0.15, 0.2) is 0 Å². The number of benzene rings is 1. The van der Waals surface area contributed by atoms with Gasteiger partial charge >= 0.3 is 7.12 Å². The van der Waals surface area contributed by atoms with E-state index in [1.165, 1.54) is 0 Å². The van der Waals surface area contributed by atoms with Crippen molar-refractivity contribution < 1.29 is 10.0 Å². The van der Waals surface area contributed by atoms with E-state index in [-0.39, 0.29) is 0 Å². The summed E-state index contributed by atoms with van der Waals surface area (Å²) in [7, 11) is -1.37. The Kier molecular flexibility index (Phi) is 5.53. The van der Waals surface area contributed by atoms with Crippen molar-refractivity contribution in [2.45, 2.75) is 26.8 Å². The molecule has 4 heteroatoms. The topological polar surface area (TPSA) is 43.7 Å². The maximum absolute atomic E-state index is 9.08. The fraction of sp³-hybridized carbons (Fsp3) is 0.500. The maximum atomic E-state index is 9.08. The molecule has 2 N–H and O–H groups in total. The quantitative estimate of drug-likeness (QED) is 0.691. The lowest BCUT2D eigenvalue weighted by atomic mass is 9.79. The predicted octanol–water partition coefficient (Wildman–Crippen LogP) is 0.598. The molecule has 0 unspecified atom stereocenters. The van der Waals surface area contributed by atoms with Gasteiger partial charge in [-0.2, -0.15) is 0 Å². The van der Waals surface area contributed by atoms with Crippen molar-refractivity contribution in [1.29, 1.82) is 0 Å². The molecule has 0 saturated heterocycles. The second-order valence-corrected chi connectivity index (χ2v) is 3.99. The summed E-state index contributed by atoms with van der Waals surface area (Å²) in [5.41, 5.74) is 1.69. The van der Waals surface area contributed by atoms with Crippen molar-refractivity contribution in [2.24, 2.45) is 0 Å². The summed E-state index contributed by atoms with van der Waals surface area (Å²) in [5.74, 6) is 0. The van der Waals surface area contributed by atoms with Gasteiger partial charge in [-0.1, -0.05) is 38.1 Å². The highest BCUT2D eigenvalue weighted by molar-refractivity contribution is 6.58. The minimum atomic E-state index is -1.37. The standard InChI is InChI=1S/C12H20BNO2/c1-3-8-14(4-2)10-11-6-5-7-12(9-11)13(15)16/h5-7,9,15-16H,3-4,8,10H2,1-2H3. The van der Waals surface area contributed by atoms with Gasteiger partial charge in [0.05, 0.1) is 0 Å². The van der Waals surface area contributed by atoms with Gasteiger partial charge in [0, 0.05) is 6.54 Å². The molecule has 0 bridgehead atoms. The summed E-state index contributed by atoms with van der Waals surface area (Å²) in [6.45, 7) is 7.25. The number of hydrogen-bond acceptors (Lipinski definition) is 3. The Labute approximate surface area is 97.9 Å². The van der Waals surface area contributed by atoms with Gasteiger partial charge in [0.25, 0.3) is 0 Å². The molecule has 0 amide bonds. The first-order valence-corrected chi connectivity index (χ1v) is 5.84. The van der Waals surface area contributed by atoms with E-state index in [1.807, 2.05) is 18.2 Å². The first-order valence-electron chi connectivity index (χ1n) is 5.84. The zero-order chi connectivity index (χ0) is 12.0. The Morgan fingerprint density at radius 2 is 2.00 bits per heavy atom. The Balaban J connectivity index is 2.68. The van der Waals surface area contributed by atoms with Crippen LogP contribution >= 0.6 is 0 Å². The SMILES string of the molecule is CCCN(CC)Cc1cccc(B(O)O)c1. The molecule has 0 radical (unpaired) electrons. The van der Waals surface area contributed by atoms with Crippen LogP contribution in [0.5, 0.6) is 0 Å². The van der Waals surface area contributed by atoms with Crippen LogP contribution < -0.4 is 5.46 Å². The Hall–Kier alpha value is -0.835. The number of rotatable bonds is 6. The van der Waals surface area contributed by atoms with Crippen LogP contribution in [0.25, 0.3) is 0 Å². The van der Waals surface area contributed by atoms with Gasteiger partial charge in [0.2, 0.25) is 0 Å². The Morgan fingerprint density at radius 1 is 1.25 bits per heavy atom. The van der Waals surface area contributed by atoms with Crippen LogP contribution in [-0.4, -0.2) is 35.2 Å². The minimum absolute atomic E-state index is 0.560. The van der Waals surface area contributed by atoms with E-state index in [0.717, 1.165) is 31.6 Å². The highest BCUT2D eigenvalue weighted by Crippen LogP contribution is 2.03. The molecule has 0 spiro atoms. The van der Waals surface area contributed by atoms with Crippen molar-refractivity contribution in [3.8, 4) is 0 Å². The van der Waals surface area contributed by atoms with Crippen molar-refractivity contribution >= 4 is 12.6 Å². The van der Waals surface area contributed by atoms with Crippen LogP contribution in [0.1, 0.15) is 25.8 Å². The summed E-state index contributed by atoms with van der Waals surface area (Å²) in [5, 5.41) is 18.2. The zero-order valence-corrected chi connectivity index (χ0v) is 10.1. The van der Waals surface area contributed by atoms with E-state index in [1.54, 1.807) is 6.07 Å². The van der Waals surface area contributed by atoms with Crippen molar-refractivity contribution in [2.75, 3.05) is 13.1 Å². The summed E-state index contributed by atoms with van der Waals surface area (Å²) in [6.07, 6.45) is 1.14. The molecular weight excluding hydrogens is 201 g/mol. The van der Waals surface area contributed by atoms with Gasteiger partial charge in [-0.3, -0.25) is 4.90 Å². The van der Waals surface area contributed by atoms with E-state index in [0.29, 0.717) is 5.46 Å². The first kappa shape index (κ1) is 13.2. The Morgan fingerprint density at radius 3 is 2.56 bits per heavy atom. The third kappa shape index (κ3) is 3.97. The second kappa shape index (κ2) is 6.68. The molecule has 0 atom stereocenters. The van der Waals surface area contributed by atoms with Crippen LogP contribution in [0.15, 0.2) is 24.3 Å². The molecule has 0 aliphatic rings. The van der Waals surface area contributed by atoms with Crippen molar-refractivity contribution in [1.82, 2.24) is 4.90 Å².